The van der Waals surface area contributed by atoms with Gasteiger partial charge in [-0.05, 0) is 40.7 Å². The number of nitrogens with one attached hydrogen (secondary N) is 1. The highest BCUT2D eigenvalue weighted by atomic mass is 16.6. The summed E-state index contributed by atoms with van der Waals surface area (Å²) in [6.45, 7) is 11.7. The molecule has 0 spiro atoms. The molecule has 1 amide bonds. The SMILES string of the molecule is CC(C)(N)CC(C)(C)OC(=O)NCCCN1CC1. The molecule has 0 bridgehead atoms. The lowest BCUT2D eigenvalue weighted by atomic mass is 9.90. The Labute approximate surface area is 110 Å². The highest BCUT2D eigenvalue weighted by molar-refractivity contribution is 5.67. The predicted molar refractivity (Wildman–Crippen MR) is 72.5 cm³/mol. The molecule has 0 aromatic heterocycles. The molecule has 1 fully saturated rings. The molecule has 1 aliphatic rings. The van der Waals surface area contributed by atoms with E-state index in [1.807, 2.05) is 27.7 Å². The van der Waals surface area contributed by atoms with Crippen LogP contribution in [0.5, 0.6) is 0 Å². The minimum Gasteiger partial charge on any atom is -0.443 e. The molecular formula is C13H27N3O2. The first-order chi connectivity index (χ1) is 8.18. The van der Waals surface area contributed by atoms with Gasteiger partial charge in [0.2, 0.25) is 0 Å². The summed E-state index contributed by atoms with van der Waals surface area (Å²) >= 11 is 0. The minimum atomic E-state index is -0.539. The zero-order valence-electron chi connectivity index (χ0n) is 12.1. The van der Waals surface area contributed by atoms with Gasteiger partial charge < -0.3 is 20.7 Å². The molecule has 1 heterocycles. The summed E-state index contributed by atoms with van der Waals surface area (Å²) in [6.07, 6.45) is 1.24. The van der Waals surface area contributed by atoms with Crippen molar-refractivity contribution in [3.05, 3.63) is 0 Å². The smallest absolute Gasteiger partial charge is 0.407 e. The molecule has 5 heteroatoms. The van der Waals surface area contributed by atoms with Crippen LogP contribution in [0.4, 0.5) is 4.79 Å². The fourth-order valence-corrected chi connectivity index (χ4v) is 2.21. The van der Waals surface area contributed by atoms with E-state index in [0.717, 1.165) is 13.0 Å². The van der Waals surface area contributed by atoms with Crippen molar-refractivity contribution < 1.29 is 9.53 Å². The molecule has 5 nitrogen and oxygen atoms in total. The van der Waals surface area contributed by atoms with Gasteiger partial charge in [-0.25, -0.2) is 4.79 Å². The summed E-state index contributed by atoms with van der Waals surface area (Å²) in [5.74, 6) is 0. The second-order valence-corrected chi connectivity index (χ2v) is 6.44. The Morgan fingerprint density at radius 2 is 1.94 bits per heavy atom. The number of carbonyl (C=O) groups is 1. The molecule has 0 aromatic rings. The van der Waals surface area contributed by atoms with Gasteiger partial charge in [0.25, 0.3) is 0 Å². The van der Waals surface area contributed by atoms with Crippen molar-refractivity contribution in [2.45, 2.75) is 51.7 Å². The van der Waals surface area contributed by atoms with E-state index >= 15 is 0 Å². The largest absolute Gasteiger partial charge is 0.443 e. The third-order valence-corrected chi connectivity index (χ3v) is 2.71. The standard InChI is InChI=1S/C13H27N3O2/c1-12(2,14)10-13(3,4)18-11(17)15-6-5-7-16-8-9-16/h5-10,14H2,1-4H3,(H,15,17). The maximum Gasteiger partial charge on any atom is 0.407 e. The molecule has 0 saturated carbocycles. The van der Waals surface area contributed by atoms with Crippen LogP contribution in [0.15, 0.2) is 0 Å². The molecule has 18 heavy (non-hydrogen) atoms. The Morgan fingerprint density at radius 1 is 1.33 bits per heavy atom. The van der Waals surface area contributed by atoms with Gasteiger partial charge >= 0.3 is 6.09 Å². The summed E-state index contributed by atoms with van der Waals surface area (Å²) in [6, 6.07) is 0. The minimum absolute atomic E-state index is 0.344. The fraction of sp³-hybridized carbons (Fsp3) is 0.923. The molecule has 3 N–H and O–H groups in total. The van der Waals surface area contributed by atoms with Gasteiger partial charge in [-0.3, -0.25) is 0 Å². The fourth-order valence-electron chi connectivity index (χ4n) is 2.21. The van der Waals surface area contributed by atoms with Crippen molar-refractivity contribution in [1.29, 1.82) is 0 Å². The number of nitrogens with two attached hydrogens (primary N) is 1. The second-order valence-electron chi connectivity index (χ2n) is 6.44. The summed E-state index contributed by atoms with van der Waals surface area (Å²) in [5, 5.41) is 2.78. The first kappa shape index (κ1) is 15.2. The Balaban J connectivity index is 2.16. The first-order valence-electron chi connectivity index (χ1n) is 6.66. The predicted octanol–water partition coefficient (Wildman–Crippen LogP) is 1.32. The van der Waals surface area contributed by atoms with Gasteiger partial charge in [0.1, 0.15) is 5.60 Å². The number of nitrogens with zero attached hydrogens (tertiary/aromatic N) is 1. The van der Waals surface area contributed by atoms with Gasteiger partial charge in [0.05, 0.1) is 0 Å². The monoisotopic (exact) mass is 257 g/mol. The van der Waals surface area contributed by atoms with Gasteiger partial charge in [0, 0.05) is 31.6 Å². The summed E-state index contributed by atoms with van der Waals surface area (Å²) in [4.78, 5) is 13.9. The number of hydrogen-bond acceptors (Lipinski definition) is 4. The van der Waals surface area contributed by atoms with E-state index in [-0.39, 0.29) is 11.6 Å². The molecule has 0 aliphatic carbocycles. The van der Waals surface area contributed by atoms with Crippen LogP contribution < -0.4 is 11.1 Å². The number of carbonyl (C=O) groups excluding carboxylic acids is 1. The van der Waals surface area contributed by atoms with Crippen molar-refractivity contribution >= 4 is 6.09 Å². The van der Waals surface area contributed by atoms with E-state index in [9.17, 15) is 4.79 Å². The van der Waals surface area contributed by atoms with Crippen molar-refractivity contribution in [3.8, 4) is 0 Å². The lowest BCUT2D eigenvalue weighted by Gasteiger charge is -2.31. The lowest BCUT2D eigenvalue weighted by molar-refractivity contribution is 0.0203. The molecule has 1 saturated heterocycles. The van der Waals surface area contributed by atoms with Crippen molar-refractivity contribution in [2.75, 3.05) is 26.2 Å². The van der Waals surface area contributed by atoms with Crippen LogP contribution in [0.1, 0.15) is 40.5 Å². The Bertz CT molecular complexity index is 280. The van der Waals surface area contributed by atoms with Crippen LogP contribution in [0.2, 0.25) is 0 Å². The summed E-state index contributed by atoms with van der Waals surface area (Å²) in [7, 11) is 0. The molecule has 0 radical (unpaired) electrons. The highest BCUT2D eigenvalue weighted by Crippen LogP contribution is 2.21. The topological polar surface area (TPSA) is 67.4 Å². The van der Waals surface area contributed by atoms with Gasteiger partial charge in [-0.15, -0.1) is 0 Å². The summed E-state index contributed by atoms with van der Waals surface area (Å²) < 4.78 is 5.39. The van der Waals surface area contributed by atoms with Crippen LogP contribution in [0.3, 0.4) is 0 Å². The third kappa shape index (κ3) is 7.50. The third-order valence-electron chi connectivity index (χ3n) is 2.71. The lowest BCUT2D eigenvalue weighted by Crippen LogP contribution is -2.44. The average molecular weight is 257 g/mol. The second kappa shape index (κ2) is 5.89. The van der Waals surface area contributed by atoms with Crippen LogP contribution in [-0.2, 0) is 4.74 Å². The Morgan fingerprint density at radius 3 is 2.44 bits per heavy atom. The maximum atomic E-state index is 11.6. The zero-order chi connectivity index (χ0) is 13.8. The molecule has 106 valence electrons. The molecule has 1 aliphatic heterocycles. The van der Waals surface area contributed by atoms with Crippen LogP contribution in [-0.4, -0.2) is 48.3 Å². The zero-order valence-corrected chi connectivity index (χ0v) is 12.1. The van der Waals surface area contributed by atoms with Crippen molar-refractivity contribution in [2.24, 2.45) is 5.73 Å². The first-order valence-corrected chi connectivity index (χ1v) is 6.66. The highest BCUT2D eigenvalue weighted by Gasteiger charge is 2.29. The van der Waals surface area contributed by atoms with Crippen LogP contribution in [0.25, 0.3) is 0 Å². The molecule has 0 atom stereocenters. The summed E-state index contributed by atoms with van der Waals surface area (Å²) in [5.41, 5.74) is 5.06. The van der Waals surface area contributed by atoms with Crippen molar-refractivity contribution in [1.82, 2.24) is 10.2 Å². The van der Waals surface area contributed by atoms with Crippen molar-refractivity contribution in [3.63, 3.8) is 0 Å². The average Bonchev–Trinajstić information content (AvgIpc) is 2.90. The van der Waals surface area contributed by atoms with Crippen LogP contribution >= 0.6 is 0 Å². The van der Waals surface area contributed by atoms with Crippen LogP contribution in [0, 0.1) is 0 Å². The van der Waals surface area contributed by atoms with E-state index in [1.165, 1.54) is 13.1 Å². The number of rotatable bonds is 7. The molecular weight excluding hydrogens is 230 g/mol. The van der Waals surface area contributed by atoms with E-state index in [0.29, 0.717) is 13.0 Å². The normalized spacial score (nSPS) is 16.5. The van der Waals surface area contributed by atoms with E-state index in [2.05, 4.69) is 10.2 Å². The van der Waals surface area contributed by atoms with E-state index in [4.69, 9.17) is 10.5 Å². The van der Waals surface area contributed by atoms with Gasteiger partial charge in [0.15, 0.2) is 0 Å². The van der Waals surface area contributed by atoms with Gasteiger partial charge in [-0.1, -0.05) is 0 Å². The van der Waals surface area contributed by atoms with E-state index in [1.54, 1.807) is 0 Å². The molecule has 1 rings (SSSR count). The Hall–Kier alpha value is -0.810. The quantitative estimate of drug-likeness (QED) is 0.533. The number of hydrogen-bond donors (Lipinski definition) is 2. The maximum absolute atomic E-state index is 11.6. The van der Waals surface area contributed by atoms with E-state index < -0.39 is 5.60 Å². The Kier molecular flexibility index (Phi) is 4.99. The van der Waals surface area contributed by atoms with Gasteiger partial charge in [-0.2, -0.15) is 0 Å². The number of alkyl carbamates (subject to hydrolysis) is 1. The molecule has 0 aromatic carbocycles. The number of amides is 1. The molecule has 0 unspecified atom stereocenters. The number of ether oxygens (including phenoxy) is 1.